The molecule has 0 aliphatic heterocycles. The van der Waals surface area contributed by atoms with E-state index in [0.717, 1.165) is 16.7 Å². The van der Waals surface area contributed by atoms with Gasteiger partial charge >= 0.3 is 5.97 Å². The smallest absolute Gasteiger partial charge is 0.303 e. The van der Waals surface area contributed by atoms with Crippen LogP contribution in [0.4, 0.5) is 0 Å². The Morgan fingerprint density at radius 3 is 2.43 bits per heavy atom. The van der Waals surface area contributed by atoms with Gasteiger partial charge in [-0.2, -0.15) is 11.3 Å². The molecule has 1 N–H and O–H groups in total. The Hall–Kier alpha value is -1.87. The van der Waals surface area contributed by atoms with E-state index in [-0.39, 0.29) is 6.42 Å². The average Bonchev–Trinajstić information content (AvgIpc) is 2.97. The molecule has 1 aromatic heterocycles. The van der Waals surface area contributed by atoms with Gasteiger partial charge in [-0.1, -0.05) is 44.2 Å². The molecule has 1 aromatic carbocycles. The van der Waals surface area contributed by atoms with Gasteiger partial charge in [-0.05, 0) is 51.4 Å². The van der Waals surface area contributed by atoms with Crippen LogP contribution in [0.3, 0.4) is 0 Å². The number of hydrogen-bond acceptors (Lipinski definition) is 2. The van der Waals surface area contributed by atoms with Gasteiger partial charge in [0.25, 0.3) is 0 Å². The summed E-state index contributed by atoms with van der Waals surface area (Å²) in [5, 5.41) is 12.9. The SMILES string of the molecule is CC(C)c1ccc(/C(=C/CCC(=O)O)c2ccsc2)cc1. The highest BCUT2D eigenvalue weighted by molar-refractivity contribution is 7.08. The first kappa shape index (κ1) is 15.5. The number of thiophene rings is 1. The zero-order valence-electron chi connectivity index (χ0n) is 12.4. The Bertz CT molecular complexity index is 607. The zero-order valence-corrected chi connectivity index (χ0v) is 13.2. The van der Waals surface area contributed by atoms with Gasteiger partial charge in [0.2, 0.25) is 0 Å². The number of carboxylic acids is 1. The molecule has 2 aromatic rings. The van der Waals surface area contributed by atoms with Gasteiger partial charge in [0.15, 0.2) is 0 Å². The van der Waals surface area contributed by atoms with Crippen LogP contribution in [-0.2, 0) is 4.79 Å². The molecule has 110 valence electrons. The third-order valence-electron chi connectivity index (χ3n) is 3.43. The Morgan fingerprint density at radius 2 is 1.90 bits per heavy atom. The Kier molecular flexibility index (Phi) is 5.34. The lowest BCUT2D eigenvalue weighted by Crippen LogP contribution is -1.94. The van der Waals surface area contributed by atoms with Crippen molar-refractivity contribution in [2.24, 2.45) is 0 Å². The minimum Gasteiger partial charge on any atom is -0.481 e. The molecule has 0 saturated carbocycles. The molecule has 2 nitrogen and oxygen atoms in total. The van der Waals surface area contributed by atoms with Gasteiger partial charge in [0.1, 0.15) is 0 Å². The number of allylic oxidation sites excluding steroid dienone is 1. The average molecular weight is 300 g/mol. The standard InChI is InChI=1S/C18H20O2S/c1-13(2)14-6-8-15(9-7-14)17(4-3-5-18(19)20)16-10-11-21-12-16/h4,6-13H,3,5H2,1-2H3,(H,19,20)/b17-4-. The summed E-state index contributed by atoms with van der Waals surface area (Å²) >= 11 is 1.65. The van der Waals surface area contributed by atoms with E-state index in [1.165, 1.54) is 5.56 Å². The summed E-state index contributed by atoms with van der Waals surface area (Å²) in [6.45, 7) is 4.36. The van der Waals surface area contributed by atoms with Crippen molar-refractivity contribution in [1.82, 2.24) is 0 Å². The molecule has 0 atom stereocenters. The highest BCUT2D eigenvalue weighted by Crippen LogP contribution is 2.27. The van der Waals surface area contributed by atoms with Gasteiger partial charge in [-0.15, -0.1) is 0 Å². The summed E-state index contributed by atoms with van der Waals surface area (Å²) in [5.41, 5.74) is 4.73. The first-order chi connectivity index (χ1) is 10.1. The van der Waals surface area contributed by atoms with Crippen molar-refractivity contribution >= 4 is 22.9 Å². The number of aliphatic carboxylic acids is 1. The van der Waals surface area contributed by atoms with E-state index >= 15 is 0 Å². The number of benzene rings is 1. The van der Waals surface area contributed by atoms with Crippen LogP contribution in [0.5, 0.6) is 0 Å². The second kappa shape index (κ2) is 7.23. The molecule has 0 amide bonds. The number of hydrogen-bond donors (Lipinski definition) is 1. The van der Waals surface area contributed by atoms with Crippen molar-refractivity contribution in [1.29, 1.82) is 0 Å². The third kappa shape index (κ3) is 4.30. The molecule has 0 bridgehead atoms. The highest BCUT2D eigenvalue weighted by atomic mass is 32.1. The van der Waals surface area contributed by atoms with Crippen LogP contribution in [0.2, 0.25) is 0 Å². The van der Waals surface area contributed by atoms with Crippen molar-refractivity contribution in [2.45, 2.75) is 32.6 Å². The summed E-state index contributed by atoms with van der Waals surface area (Å²) in [5.74, 6) is -0.245. The second-order valence-corrected chi connectivity index (χ2v) is 6.12. The molecule has 3 heteroatoms. The van der Waals surface area contributed by atoms with Crippen LogP contribution in [0.1, 0.15) is 49.3 Å². The van der Waals surface area contributed by atoms with E-state index in [0.29, 0.717) is 12.3 Å². The Labute approximate surface area is 129 Å². The fourth-order valence-corrected chi connectivity index (χ4v) is 2.86. The lowest BCUT2D eigenvalue weighted by Gasteiger charge is -2.10. The van der Waals surface area contributed by atoms with E-state index in [1.807, 2.05) is 11.5 Å². The van der Waals surface area contributed by atoms with Crippen molar-refractivity contribution in [3.63, 3.8) is 0 Å². The third-order valence-corrected chi connectivity index (χ3v) is 4.11. The normalized spacial score (nSPS) is 11.9. The molecule has 0 radical (unpaired) electrons. The summed E-state index contributed by atoms with van der Waals surface area (Å²) in [6, 6.07) is 10.6. The molecule has 0 aliphatic rings. The largest absolute Gasteiger partial charge is 0.481 e. The molecular formula is C18H20O2S. The van der Waals surface area contributed by atoms with Crippen LogP contribution < -0.4 is 0 Å². The lowest BCUT2D eigenvalue weighted by molar-refractivity contribution is -0.136. The fourth-order valence-electron chi connectivity index (χ4n) is 2.21. The maximum atomic E-state index is 10.7. The quantitative estimate of drug-likeness (QED) is 0.799. The van der Waals surface area contributed by atoms with Gasteiger partial charge in [-0.25, -0.2) is 0 Å². The van der Waals surface area contributed by atoms with Crippen molar-refractivity contribution in [3.05, 3.63) is 63.9 Å². The second-order valence-electron chi connectivity index (χ2n) is 5.34. The van der Waals surface area contributed by atoms with Crippen LogP contribution in [-0.4, -0.2) is 11.1 Å². The molecule has 1 heterocycles. The molecule has 0 spiro atoms. The summed E-state index contributed by atoms with van der Waals surface area (Å²) < 4.78 is 0. The predicted molar refractivity (Wildman–Crippen MR) is 88.8 cm³/mol. The molecule has 0 saturated heterocycles. The van der Waals surface area contributed by atoms with Gasteiger partial charge < -0.3 is 5.11 Å². The molecule has 0 fully saturated rings. The summed E-state index contributed by atoms with van der Waals surface area (Å²) in [4.78, 5) is 10.7. The van der Waals surface area contributed by atoms with Crippen molar-refractivity contribution in [2.75, 3.05) is 0 Å². The van der Waals surface area contributed by atoms with E-state index in [4.69, 9.17) is 5.11 Å². The minimum absolute atomic E-state index is 0.164. The predicted octanol–water partition coefficient (Wildman–Crippen LogP) is 5.17. The minimum atomic E-state index is -0.758. The van der Waals surface area contributed by atoms with Crippen LogP contribution in [0.25, 0.3) is 5.57 Å². The number of carboxylic acid groups (broad SMARTS) is 1. The van der Waals surface area contributed by atoms with Gasteiger partial charge in [0, 0.05) is 6.42 Å². The lowest BCUT2D eigenvalue weighted by atomic mass is 9.95. The van der Waals surface area contributed by atoms with Gasteiger partial charge in [-0.3, -0.25) is 4.79 Å². The first-order valence-corrected chi connectivity index (χ1v) is 8.07. The molecule has 0 aliphatic carbocycles. The molecule has 2 rings (SSSR count). The highest BCUT2D eigenvalue weighted by Gasteiger charge is 2.07. The van der Waals surface area contributed by atoms with Crippen LogP contribution >= 0.6 is 11.3 Å². The topological polar surface area (TPSA) is 37.3 Å². The zero-order chi connectivity index (χ0) is 15.2. The first-order valence-electron chi connectivity index (χ1n) is 7.13. The number of carbonyl (C=O) groups is 1. The van der Waals surface area contributed by atoms with Crippen molar-refractivity contribution < 1.29 is 9.90 Å². The van der Waals surface area contributed by atoms with E-state index < -0.39 is 5.97 Å². The van der Waals surface area contributed by atoms with Crippen LogP contribution in [0, 0.1) is 0 Å². The Morgan fingerprint density at radius 1 is 1.19 bits per heavy atom. The fraction of sp³-hybridized carbons (Fsp3) is 0.278. The maximum Gasteiger partial charge on any atom is 0.303 e. The van der Waals surface area contributed by atoms with Crippen molar-refractivity contribution in [3.8, 4) is 0 Å². The van der Waals surface area contributed by atoms with Crippen LogP contribution in [0.15, 0.2) is 47.2 Å². The Balaban J connectivity index is 2.29. The molecular weight excluding hydrogens is 280 g/mol. The van der Waals surface area contributed by atoms with E-state index in [2.05, 4.69) is 49.6 Å². The van der Waals surface area contributed by atoms with Gasteiger partial charge in [0.05, 0.1) is 0 Å². The molecule has 21 heavy (non-hydrogen) atoms. The maximum absolute atomic E-state index is 10.7. The number of rotatable bonds is 6. The molecule has 0 unspecified atom stereocenters. The monoisotopic (exact) mass is 300 g/mol. The van der Waals surface area contributed by atoms with E-state index in [1.54, 1.807) is 11.3 Å². The summed E-state index contributed by atoms with van der Waals surface area (Å²) in [7, 11) is 0. The van der Waals surface area contributed by atoms with E-state index in [9.17, 15) is 4.79 Å². The summed E-state index contributed by atoms with van der Waals surface area (Å²) in [6.07, 6.45) is 2.74.